The number of benzene rings is 2. The van der Waals surface area contributed by atoms with Crippen molar-refractivity contribution in [3.63, 3.8) is 0 Å². The first-order chi connectivity index (χ1) is 17.2. The van der Waals surface area contributed by atoms with Gasteiger partial charge in [0.15, 0.2) is 0 Å². The van der Waals surface area contributed by atoms with E-state index in [2.05, 4.69) is 9.62 Å². The number of amides is 1. The zero-order valence-corrected chi connectivity index (χ0v) is 21.8. The first-order valence-corrected chi connectivity index (χ1v) is 15.1. The highest BCUT2D eigenvalue weighted by atomic mass is 35.5. The van der Waals surface area contributed by atoms with Crippen molar-refractivity contribution < 1.29 is 18.3 Å². The quantitative estimate of drug-likeness (QED) is 0.549. The molecule has 8 heteroatoms. The van der Waals surface area contributed by atoms with Crippen molar-refractivity contribution in [1.82, 2.24) is 4.90 Å². The number of hydrogen-bond donors (Lipinski definition) is 2. The van der Waals surface area contributed by atoms with Gasteiger partial charge in [-0.25, -0.2) is 8.42 Å². The van der Waals surface area contributed by atoms with Crippen molar-refractivity contribution in [1.29, 1.82) is 0 Å². The normalized spacial score (nSPS) is 33.3. The third-order valence-corrected chi connectivity index (χ3v) is 10.5. The number of nitrogens with one attached hydrogen (secondary N) is 1. The molecule has 2 aromatic rings. The van der Waals surface area contributed by atoms with Gasteiger partial charge < -0.3 is 10.0 Å². The molecule has 3 atom stereocenters. The maximum Gasteiger partial charge on any atom is 0.236 e. The molecule has 1 saturated heterocycles. The summed E-state index contributed by atoms with van der Waals surface area (Å²) in [5, 5.41) is 11.4. The lowest BCUT2D eigenvalue weighted by Crippen LogP contribution is -2.62. The number of halogens is 1. The molecular weight excluding hydrogens is 496 g/mol. The van der Waals surface area contributed by atoms with E-state index in [1.165, 1.54) is 0 Å². The SMILES string of the molecule is O=C1C(Cc2ccc(NS(=O)(=O)Cc3ccccc3)cc2Cl)CCN1C1C2CC3CC1CC(O)(C3)C2. The predicted octanol–water partition coefficient (Wildman–Crippen LogP) is 4.61. The monoisotopic (exact) mass is 528 g/mol. The molecule has 2 aromatic carbocycles. The molecule has 3 unspecified atom stereocenters. The Balaban J connectivity index is 1.10. The first kappa shape index (κ1) is 24.3. The van der Waals surface area contributed by atoms with Crippen molar-refractivity contribution in [2.75, 3.05) is 11.3 Å². The largest absolute Gasteiger partial charge is 0.390 e. The topological polar surface area (TPSA) is 86.7 Å². The summed E-state index contributed by atoms with van der Waals surface area (Å²) in [5.74, 6) is 1.47. The van der Waals surface area contributed by atoms with Gasteiger partial charge in [0.05, 0.1) is 11.4 Å². The Kier molecular flexibility index (Phi) is 6.09. The van der Waals surface area contributed by atoms with Crippen molar-refractivity contribution in [2.24, 2.45) is 23.7 Å². The van der Waals surface area contributed by atoms with Gasteiger partial charge in [-0.1, -0.05) is 48.0 Å². The number of sulfonamides is 1. The van der Waals surface area contributed by atoms with Crippen LogP contribution in [0.25, 0.3) is 0 Å². The van der Waals surface area contributed by atoms with Crippen LogP contribution in [-0.4, -0.2) is 42.5 Å². The molecule has 5 fully saturated rings. The highest BCUT2D eigenvalue weighted by Crippen LogP contribution is 2.57. The molecule has 1 amide bonds. The summed E-state index contributed by atoms with van der Waals surface area (Å²) in [4.78, 5) is 15.6. The van der Waals surface area contributed by atoms with Crippen LogP contribution in [0, 0.1) is 23.7 Å². The molecule has 4 aliphatic carbocycles. The molecule has 192 valence electrons. The fourth-order valence-electron chi connectivity index (χ4n) is 7.76. The van der Waals surface area contributed by atoms with E-state index < -0.39 is 15.6 Å². The molecular formula is C28H33ClN2O4S. The van der Waals surface area contributed by atoms with Crippen LogP contribution in [0.4, 0.5) is 5.69 Å². The van der Waals surface area contributed by atoms with Gasteiger partial charge in [-0.3, -0.25) is 9.52 Å². The number of anilines is 1. The summed E-state index contributed by atoms with van der Waals surface area (Å²) >= 11 is 6.56. The molecule has 4 saturated carbocycles. The van der Waals surface area contributed by atoms with Crippen LogP contribution in [0.15, 0.2) is 48.5 Å². The Labute approximate surface area is 218 Å². The minimum absolute atomic E-state index is 0.108. The highest BCUT2D eigenvalue weighted by molar-refractivity contribution is 7.91. The number of carbonyl (C=O) groups excluding carboxylic acids is 1. The fraction of sp³-hybridized carbons (Fsp3) is 0.536. The van der Waals surface area contributed by atoms with Crippen LogP contribution in [0.1, 0.15) is 49.7 Å². The number of aliphatic hydroxyl groups is 1. The molecule has 6 nitrogen and oxygen atoms in total. The Morgan fingerprint density at radius 3 is 2.44 bits per heavy atom. The third kappa shape index (κ3) is 4.66. The molecule has 4 bridgehead atoms. The van der Waals surface area contributed by atoms with E-state index in [0.29, 0.717) is 40.4 Å². The molecule has 0 aromatic heterocycles. The van der Waals surface area contributed by atoms with E-state index >= 15 is 0 Å². The van der Waals surface area contributed by atoms with Gasteiger partial charge in [-0.15, -0.1) is 0 Å². The van der Waals surface area contributed by atoms with Crippen LogP contribution in [0.2, 0.25) is 5.02 Å². The Bertz CT molecular complexity index is 1250. The average molecular weight is 529 g/mol. The highest BCUT2D eigenvalue weighted by Gasteiger charge is 2.57. The van der Waals surface area contributed by atoms with Gasteiger partial charge in [0.25, 0.3) is 0 Å². The summed E-state index contributed by atoms with van der Waals surface area (Å²) < 4.78 is 27.8. The second kappa shape index (κ2) is 9.03. The van der Waals surface area contributed by atoms with E-state index in [4.69, 9.17) is 11.6 Å². The molecule has 0 radical (unpaired) electrons. The van der Waals surface area contributed by atoms with Crippen LogP contribution < -0.4 is 4.72 Å². The Hall–Kier alpha value is -2.09. The van der Waals surface area contributed by atoms with Crippen molar-refractivity contribution in [3.05, 3.63) is 64.7 Å². The molecule has 1 heterocycles. The Morgan fingerprint density at radius 1 is 1.06 bits per heavy atom. The van der Waals surface area contributed by atoms with Gasteiger partial charge in [0.2, 0.25) is 15.9 Å². The maximum absolute atomic E-state index is 13.5. The second-order valence-corrected chi connectivity index (χ2v) is 13.7. The third-order valence-electron chi connectivity index (χ3n) is 8.89. The average Bonchev–Trinajstić information content (AvgIpc) is 3.14. The fourth-order valence-corrected chi connectivity index (χ4v) is 9.21. The first-order valence-electron chi connectivity index (χ1n) is 13.0. The van der Waals surface area contributed by atoms with Gasteiger partial charge in [0, 0.05) is 29.2 Å². The lowest BCUT2D eigenvalue weighted by Gasteiger charge is -2.59. The summed E-state index contributed by atoms with van der Waals surface area (Å²) in [7, 11) is -3.57. The maximum atomic E-state index is 13.5. The van der Waals surface area contributed by atoms with Gasteiger partial charge in [0.1, 0.15) is 0 Å². The van der Waals surface area contributed by atoms with E-state index in [-0.39, 0.29) is 23.6 Å². The van der Waals surface area contributed by atoms with Crippen LogP contribution in [0.3, 0.4) is 0 Å². The molecule has 2 N–H and O–H groups in total. The minimum Gasteiger partial charge on any atom is -0.390 e. The number of hydrogen-bond acceptors (Lipinski definition) is 4. The minimum atomic E-state index is -3.57. The van der Waals surface area contributed by atoms with E-state index in [1.54, 1.807) is 24.3 Å². The van der Waals surface area contributed by atoms with Gasteiger partial charge in [-0.2, -0.15) is 0 Å². The van der Waals surface area contributed by atoms with E-state index in [1.807, 2.05) is 24.3 Å². The zero-order valence-electron chi connectivity index (χ0n) is 20.3. The van der Waals surface area contributed by atoms with Gasteiger partial charge >= 0.3 is 0 Å². The van der Waals surface area contributed by atoms with Crippen LogP contribution in [0.5, 0.6) is 0 Å². The lowest BCUT2D eigenvalue weighted by molar-refractivity contribution is -0.168. The van der Waals surface area contributed by atoms with Gasteiger partial charge in [-0.05, 0) is 86.0 Å². The van der Waals surface area contributed by atoms with Crippen molar-refractivity contribution in [3.8, 4) is 0 Å². The molecule has 36 heavy (non-hydrogen) atoms. The van der Waals surface area contributed by atoms with Crippen molar-refractivity contribution in [2.45, 2.75) is 62.3 Å². The van der Waals surface area contributed by atoms with E-state index in [0.717, 1.165) is 50.6 Å². The standard InChI is InChI=1S/C28H33ClN2O4S/c29-25-13-24(30-36(34,35)17-18-4-2-1-3-5-18)7-6-20(25)12-21-8-9-31(27(21)32)26-22-10-19-11-23(26)16-28(33,14-19)15-22/h1-7,13,19,21-23,26,30,33H,8-12,14-17H2. The summed E-state index contributed by atoms with van der Waals surface area (Å²) in [5.41, 5.74) is 1.51. The lowest BCUT2D eigenvalue weighted by atomic mass is 9.52. The second-order valence-electron chi connectivity index (χ2n) is 11.6. The smallest absolute Gasteiger partial charge is 0.236 e. The predicted molar refractivity (Wildman–Crippen MR) is 140 cm³/mol. The summed E-state index contributed by atoms with van der Waals surface area (Å²) in [6.07, 6.45) is 6.28. The number of likely N-dealkylation sites (tertiary alicyclic amines) is 1. The van der Waals surface area contributed by atoms with Crippen LogP contribution in [-0.2, 0) is 27.0 Å². The molecule has 7 rings (SSSR count). The van der Waals surface area contributed by atoms with E-state index in [9.17, 15) is 18.3 Å². The summed E-state index contributed by atoms with van der Waals surface area (Å²) in [6.45, 7) is 0.777. The summed E-state index contributed by atoms with van der Waals surface area (Å²) in [6, 6.07) is 14.5. The Morgan fingerprint density at radius 2 is 1.78 bits per heavy atom. The number of rotatable bonds is 7. The molecule has 0 spiro atoms. The zero-order chi connectivity index (χ0) is 25.1. The van der Waals surface area contributed by atoms with Crippen LogP contribution >= 0.6 is 11.6 Å². The molecule has 5 aliphatic rings. The van der Waals surface area contributed by atoms with Crippen molar-refractivity contribution >= 4 is 33.2 Å². The number of carbonyl (C=O) groups is 1. The molecule has 1 aliphatic heterocycles. The number of nitrogens with zero attached hydrogens (tertiary/aromatic N) is 1.